The molecule has 5 heteroatoms. The fourth-order valence-corrected chi connectivity index (χ4v) is 4.05. The smallest absolute Gasteiger partial charge is 0.144 e. The van der Waals surface area contributed by atoms with Crippen molar-refractivity contribution in [1.82, 2.24) is 14.4 Å². The maximum atomic E-state index is 4.90. The van der Waals surface area contributed by atoms with Crippen LogP contribution in [0.15, 0.2) is 85.2 Å². The summed E-state index contributed by atoms with van der Waals surface area (Å²) in [4.78, 5) is 11.2. The molecular weight excluding hydrogens is 388 g/mol. The predicted molar refractivity (Wildman–Crippen MR) is 123 cm³/mol. The molecule has 0 radical (unpaired) electrons. The first-order valence-electron chi connectivity index (χ1n) is 9.60. The molecule has 4 nitrogen and oxygen atoms in total. The summed E-state index contributed by atoms with van der Waals surface area (Å²) in [6.45, 7) is 2.09. The van der Waals surface area contributed by atoms with Gasteiger partial charge in [-0.15, -0.1) is 11.3 Å². The van der Waals surface area contributed by atoms with Crippen molar-refractivity contribution in [2.45, 2.75) is 6.92 Å². The molecule has 0 saturated heterocycles. The Morgan fingerprint density at radius 2 is 1.77 bits per heavy atom. The Labute approximate surface area is 178 Å². The van der Waals surface area contributed by atoms with Crippen LogP contribution in [0, 0.1) is 18.8 Å². The molecule has 0 unspecified atom stereocenters. The largest absolute Gasteiger partial charge is 0.339 e. The Hall–Kier alpha value is -3.88. The molecule has 30 heavy (non-hydrogen) atoms. The highest BCUT2D eigenvalue weighted by Gasteiger charge is 2.16. The quantitative estimate of drug-likeness (QED) is 0.379. The fraction of sp³-hybridized carbons (Fsp3) is 0.0400. The van der Waals surface area contributed by atoms with E-state index in [0.717, 1.165) is 38.3 Å². The summed E-state index contributed by atoms with van der Waals surface area (Å²) in [6.07, 6.45) is 3.86. The van der Waals surface area contributed by atoms with Gasteiger partial charge in [-0.1, -0.05) is 30.3 Å². The highest BCUT2D eigenvalue weighted by molar-refractivity contribution is 7.16. The standard InChI is InChI=1S/C25H18N4S/c1-18-10-15-23-28-24(25(29(23)17-18)27-20-8-3-2-4-9-20)22-14-13-21(30-22)12-11-19-7-5-6-16-26-19/h2-10,13-17,27H,1H3. The molecule has 0 fully saturated rings. The third-order valence-electron chi connectivity index (χ3n) is 4.62. The lowest BCUT2D eigenvalue weighted by molar-refractivity contribution is 1.16. The summed E-state index contributed by atoms with van der Waals surface area (Å²) >= 11 is 1.63. The molecule has 0 bridgehead atoms. The van der Waals surface area contributed by atoms with Crippen molar-refractivity contribution in [1.29, 1.82) is 0 Å². The lowest BCUT2D eigenvalue weighted by Crippen LogP contribution is -1.96. The zero-order valence-corrected chi connectivity index (χ0v) is 17.1. The van der Waals surface area contributed by atoms with Crippen LogP contribution in [0.4, 0.5) is 11.5 Å². The van der Waals surface area contributed by atoms with Crippen LogP contribution in [0.5, 0.6) is 0 Å². The van der Waals surface area contributed by atoms with E-state index in [1.54, 1.807) is 17.5 Å². The molecule has 4 heterocycles. The molecule has 5 aromatic rings. The van der Waals surface area contributed by atoms with Crippen LogP contribution in [-0.2, 0) is 0 Å². The van der Waals surface area contributed by atoms with Gasteiger partial charge < -0.3 is 5.32 Å². The van der Waals surface area contributed by atoms with Crippen molar-refractivity contribution in [3.05, 3.63) is 101 Å². The molecule has 0 spiro atoms. The number of aromatic nitrogens is 3. The number of benzene rings is 1. The summed E-state index contributed by atoms with van der Waals surface area (Å²) in [6, 6.07) is 24.1. The van der Waals surface area contributed by atoms with E-state index in [1.165, 1.54) is 5.56 Å². The molecule has 1 N–H and O–H groups in total. The number of thiophene rings is 1. The average Bonchev–Trinajstić information content (AvgIpc) is 3.39. The zero-order chi connectivity index (χ0) is 20.3. The Balaban J connectivity index is 1.57. The van der Waals surface area contributed by atoms with Crippen LogP contribution < -0.4 is 5.32 Å². The Bertz CT molecular complexity index is 1370. The van der Waals surface area contributed by atoms with Crippen molar-refractivity contribution >= 4 is 28.5 Å². The molecule has 5 rings (SSSR count). The third-order valence-corrected chi connectivity index (χ3v) is 5.63. The molecule has 0 aliphatic carbocycles. The first kappa shape index (κ1) is 18.2. The molecular formula is C25H18N4S. The van der Waals surface area contributed by atoms with Crippen LogP contribution in [0.25, 0.3) is 16.2 Å². The van der Waals surface area contributed by atoms with Crippen molar-refractivity contribution in [3.8, 4) is 22.4 Å². The van der Waals surface area contributed by atoms with Gasteiger partial charge in [0.05, 0.1) is 9.75 Å². The Morgan fingerprint density at radius 3 is 2.60 bits per heavy atom. The molecule has 0 aliphatic rings. The average molecular weight is 407 g/mol. The molecule has 4 aromatic heterocycles. The number of para-hydroxylation sites is 1. The summed E-state index contributed by atoms with van der Waals surface area (Å²) < 4.78 is 2.11. The molecule has 0 aliphatic heterocycles. The summed E-state index contributed by atoms with van der Waals surface area (Å²) in [5, 5.41) is 3.55. The Morgan fingerprint density at radius 1 is 0.900 bits per heavy atom. The monoisotopic (exact) mass is 406 g/mol. The highest BCUT2D eigenvalue weighted by atomic mass is 32.1. The molecule has 0 saturated carbocycles. The van der Waals surface area contributed by atoms with Gasteiger partial charge in [0.1, 0.15) is 22.9 Å². The van der Waals surface area contributed by atoms with Crippen molar-refractivity contribution in [2.24, 2.45) is 0 Å². The zero-order valence-electron chi connectivity index (χ0n) is 16.3. The van der Waals surface area contributed by atoms with Crippen molar-refractivity contribution in [3.63, 3.8) is 0 Å². The van der Waals surface area contributed by atoms with Crippen LogP contribution in [-0.4, -0.2) is 14.4 Å². The van der Waals surface area contributed by atoms with Gasteiger partial charge in [0.15, 0.2) is 0 Å². The third kappa shape index (κ3) is 3.69. The van der Waals surface area contributed by atoms with Crippen LogP contribution in [0.2, 0.25) is 0 Å². The first-order valence-corrected chi connectivity index (χ1v) is 10.4. The molecule has 0 amide bonds. The maximum absolute atomic E-state index is 4.90. The van der Waals surface area contributed by atoms with Crippen molar-refractivity contribution in [2.75, 3.05) is 5.32 Å². The van der Waals surface area contributed by atoms with Gasteiger partial charge in [-0.25, -0.2) is 9.97 Å². The van der Waals surface area contributed by atoms with E-state index in [0.29, 0.717) is 0 Å². The van der Waals surface area contributed by atoms with E-state index < -0.39 is 0 Å². The molecule has 144 valence electrons. The van der Waals surface area contributed by atoms with E-state index in [2.05, 4.69) is 63.9 Å². The number of hydrogen-bond acceptors (Lipinski definition) is 4. The summed E-state index contributed by atoms with van der Waals surface area (Å²) in [7, 11) is 0. The van der Waals surface area contributed by atoms with Crippen molar-refractivity contribution < 1.29 is 0 Å². The number of anilines is 2. The van der Waals surface area contributed by atoms with Crippen LogP contribution in [0.1, 0.15) is 16.1 Å². The maximum Gasteiger partial charge on any atom is 0.144 e. The van der Waals surface area contributed by atoms with E-state index in [-0.39, 0.29) is 0 Å². The number of imidazole rings is 1. The SMILES string of the molecule is Cc1ccc2nc(-c3ccc(C#Cc4ccccn4)s3)c(Nc3ccccc3)n2c1. The minimum Gasteiger partial charge on any atom is -0.339 e. The lowest BCUT2D eigenvalue weighted by Gasteiger charge is -2.08. The number of rotatable bonds is 3. The second-order valence-corrected chi connectivity index (χ2v) is 7.95. The summed E-state index contributed by atoms with van der Waals surface area (Å²) in [5.74, 6) is 7.29. The van der Waals surface area contributed by atoms with E-state index in [9.17, 15) is 0 Å². The van der Waals surface area contributed by atoms with Gasteiger partial charge in [-0.2, -0.15) is 0 Å². The predicted octanol–water partition coefficient (Wildman–Crippen LogP) is 5.91. The minimum absolute atomic E-state index is 0.766. The second kappa shape index (κ2) is 7.86. The van der Waals surface area contributed by atoms with Gasteiger partial charge in [-0.05, 0) is 66.8 Å². The fourth-order valence-electron chi connectivity index (χ4n) is 3.20. The minimum atomic E-state index is 0.766. The van der Waals surface area contributed by atoms with E-state index in [1.807, 2.05) is 48.5 Å². The van der Waals surface area contributed by atoms with Gasteiger partial charge in [0, 0.05) is 18.1 Å². The van der Waals surface area contributed by atoms with E-state index in [4.69, 9.17) is 4.98 Å². The number of hydrogen-bond donors (Lipinski definition) is 1. The highest BCUT2D eigenvalue weighted by Crippen LogP contribution is 2.35. The lowest BCUT2D eigenvalue weighted by atomic mass is 10.3. The first-order chi connectivity index (χ1) is 14.8. The van der Waals surface area contributed by atoms with Crippen LogP contribution >= 0.6 is 11.3 Å². The Kier molecular flexibility index (Phi) is 4.76. The number of fused-ring (bicyclic) bond motifs is 1. The topological polar surface area (TPSA) is 42.2 Å². The molecule has 1 aromatic carbocycles. The van der Waals surface area contributed by atoms with Gasteiger partial charge in [-0.3, -0.25) is 4.40 Å². The summed E-state index contributed by atoms with van der Waals surface area (Å²) in [5.41, 5.74) is 4.79. The number of aryl methyl sites for hydroxylation is 1. The van der Waals surface area contributed by atoms with Crippen LogP contribution in [0.3, 0.4) is 0 Å². The number of nitrogens with zero attached hydrogens (tertiary/aromatic N) is 3. The number of nitrogens with one attached hydrogen (secondary N) is 1. The van der Waals surface area contributed by atoms with E-state index >= 15 is 0 Å². The number of pyridine rings is 2. The van der Waals surface area contributed by atoms with Gasteiger partial charge >= 0.3 is 0 Å². The second-order valence-electron chi connectivity index (χ2n) is 6.86. The van der Waals surface area contributed by atoms with Gasteiger partial charge in [0.2, 0.25) is 0 Å². The molecule has 0 atom stereocenters. The normalized spacial score (nSPS) is 10.6. The van der Waals surface area contributed by atoms with Gasteiger partial charge in [0.25, 0.3) is 0 Å².